The van der Waals surface area contributed by atoms with Gasteiger partial charge in [0.25, 0.3) is 20.2 Å². The molecule has 0 fully saturated rings. The summed E-state index contributed by atoms with van der Waals surface area (Å²) in [5.41, 5.74) is 1.55. The zero-order chi connectivity index (χ0) is 26.6. The van der Waals surface area contributed by atoms with Crippen molar-refractivity contribution in [1.29, 1.82) is 0 Å². The molecule has 3 atom stereocenters. The van der Waals surface area contributed by atoms with Gasteiger partial charge < -0.3 is 14.2 Å². The molecule has 0 aliphatic heterocycles. The number of esters is 1. The van der Waals surface area contributed by atoms with Gasteiger partial charge in [0.2, 0.25) is 0 Å². The molecule has 0 aliphatic rings. The van der Waals surface area contributed by atoms with Crippen molar-refractivity contribution in [3.63, 3.8) is 0 Å². The highest BCUT2D eigenvalue weighted by molar-refractivity contribution is 7.86. The van der Waals surface area contributed by atoms with Gasteiger partial charge in [-0.15, -0.1) is 0 Å². The second-order valence-corrected chi connectivity index (χ2v) is 10.9. The Hall–Kier alpha value is -2.61. The molecule has 0 bridgehead atoms. The molecule has 0 radical (unpaired) electrons. The number of rotatable bonds is 15. The lowest BCUT2D eigenvalue weighted by Gasteiger charge is -2.30. The van der Waals surface area contributed by atoms with Crippen molar-refractivity contribution < 1.29 is 44.2 Å². The van der Waals surface area contributed by atoms with E-state index in [9.17, 15) is 21.6 Å². The van der Waals surface area contributed by atoms with E-state index in [1.807, 2.05) is 36.4 Å². The minimum atomic E-state index is -4.08. The van der Waals surface area contributed by atoms with E-state index in [-0.39, 0.29) is 19.8 Å². The Morgan fingerprint density at radius 2 is 1.36 bits per heavy atom. The van der Waals surface area contributed by atoms with E-state index in [0.717, 1.165) is 42.9 Å². The van der Waals surface area contributed by atoms with Gasteiger partial charge in [0.1, 0.15) is 18.3 Å². The predicted molar refractivity (Wildman–Crippen MR) is 132 cm³/mol. The molecule has 12 heteroatoms. The third-order valence-corrected chi connectivity index (χ3v) is 5.75. The second kappa shape index (κ2) is 14.2. The highest BCUT2D eigenvalue weighted by Gasteiger charge is 2.36. The monoisotopic (exact) mass is 542 g/mol. The van der Waals surface area contributed by atoms with Crippen molar-refractivity contribution >= 4 is 26.2 Å². The van der Waals surface area contributed by atoms with Gasteiger partial charge in [0.15, 0.2) is 0 Å². The van der Waals surface area contributed by atoms with Gasteiger partial charge >= 0.3 is 5.97 Å². The summed E-state index contributed by atoms with van der Waals surface area (Å²) >= 11 is 0. The summed E-state index contributed by atoms with van der Waals surface area (Å²) < 4.78 is 74.9. The fraction of sp³-hybridized carbons (Fsp3) is 0.375. The molecule has 0 saturated carbocycles. The maximum Gasteiger partial charge on any atom is 0.330 e. The highest BCUT2D eigenvalue weighted by Crippen LogP contribution is 2.20. The van der Waals surface area contributed by atoms with Gasteiger partial charge in [-0.3, -0.25) is 8.37 Å². The van der Waals surface area contributed by atoms with Crippen LogP contribution in [0.25, 0.3) is 0 Å². The molecule has 0 unspecified atom stereocenters. The molecule has 36 heavy (non-hydrogen) atoms. The Labute approximate surface area is 212 Å². The van der Waals surface area contributed by atoms with Crippen LogP contribution in [0.1, 0.15) is 11.1 Å². The van der Waals surface area contributed by atoms with Crippen LogP contribution in [0, 0.1) is 0 Å². The van der Waals surface area contributed by atoms with Gasteiger partial charge in [-0.1, -0.05) is 60.7 Å². The molecule has 2 aromatic carbocycles. The van der Waals surface area contributed by atoms with E-state index < -0.39 is 44.5 Å². The number of ether oxygens (including phenoxy) is 3. The smallest absolute Gasteiger partial charge is 0.330 e. The number of methoxy groups -OCH3 is 1. The third-order valence-electron chi connectivity index (χ3n) is 4.58. The number of benzene rings is 2. The van der Waals surface area contributed by atoms with Crippen molar-refractivity contribution in [3.8, 4) is 0 Å². The van der Waals surface area contributed by atoms with Gasteiger partial charge in [-0.25, -0.2) is 4.79 Å². The molecule has 2 aromatic rings. The Bertz CT molecular complexity index is 1180. The zero-order valence-corrected chi connectivity index (χ0v) is 21.8. The first-order valence-corrected chi connectivity index (χ1v) is 14.4. The van der Waals surface area contributed by atoms with Gasteiger partial charge in [0.05, 0.1) is 39.4 Å². The van der Waals surface area contributed by atoms with Gasteiger partial charge in [-0.2, -0.15) is 16.8 Å². The quantitative estimate of drug-likeness (QED) is 0.187. The lowest BCUT2D eigenvalue weighted by Crippen LogP contribution is -2.45. The van der Waals surface area contributed by atoms with Crippen LogP contribution in [0.15, 0.2) is 72.8 Å². The number of hydrogen-bond donors (Lipinski definition) is 0. The number of carbonyl (C=O) groups excluding carboxylic acids is 1. The summed E-state index contributed by atoms with van der Waals surface area (Å²) in [6, 6.07) is 18.0. The van der Waals surface area contributed by atoms with Crippen molar-refractivity contribution in [2.75, 3.05) is 26.2 Å². The molecule has 0 heterocycles. The average molecular weight is 543 g/mol. The molecule has 10 nitrogen and oxygen atoms in total. The minimum absolute atomic E-state index is 0.0382. The Morgan fingerprint density at radius 1 is 0.833 bits per heavy atom. The van der Waals surface area contributed by atoms with Crippen LogP contribution >= 0.6 is 0 Å². The summed E-state index contributed by atoms with van der Waals surface area (Å²) in [6.07, 6.45) is -0.376. The van der Waals surface area contributed by atoms with Crippen LogP contribution in [0.3, 0.4) is 0 Å². The molecule has 0 amide bonds. The first kappa shape index (κ1) is 29.6. The van der Waals surface area contributed by atoms with E-state index in [4.69, 9.17) is 17.8 Å². The summed E-state index contributed by atoms with van der Waals surface area (Å²) in [7, 11) is -6.97. The fourth-order valence-corrected chi connectivity index (χ4v) is 4.28. The highest BCUT2D eigenvalue weighted by atomic mass is 32.2. The van der Waals surface area contributed by atoms with Crippen LogP contribution in [-0.4, -0.2) is 67.3 Å². The van der Waals surface area contributed by atoms with Gasteiger partial charge in [0, 0.05) is 6.08 Å². The van der Waals surface area contributed by atoms with E-state index in [0.29, 0.717) is 0 Å². The Balaban J connectivity index is 2.40. The first-order valence-electron chi connectivity index (χ1n) is 10.8. The minimum Gasteiger partial charge on any atom is -0.466 e. The molecule has 198 valence electrons. The maximum atomic E-state index is 12.1. The summed E-state index contributed by atoms with van der Waals surface area (Å²) in [6.45, 7) is -0.202. The van der Waals surface area contributed by atoms with E-state index in [1.165, 1.54) is 0 Å². The number of hydrogen-bond acceptors (Lipinski definition) is 10. The molecule has 0 N–H and O–H groups in total. The lowest BCUT2D eigenvalue weighted by molar-refractivity contribution is -0.135. The maximum absolute atomic E-state index is 12.1. The first-order chi connectivity index (χ1) is 17.0. The van der Waals surface area contributed by atoms with Crippen LogP contribution in [0.2, 0.25) is 0 Å². The Kier molecular flexibility index (Phi) is 11.7. The topological polar surface area (TPSA) is 132 Å². The molecular weight excluding hydrogens is 512 g/mol. The summed E-state index contributed by atoms with van der Waals surface area (Å²) in [5.74, 6) is -0.778. The second-order valence-electron chi connectivity index (χ2n) is 7.75. The predicted octanol–water partition coefficient (Wildman–Crippen LogP) is 2.21. The fourth-order valence-electron chi connectivity index (χ4n) is 3.09. The van der Waals surface area contributed by atoms with E-state index in [1.54, 1.807) is 24.3 Å². The lowest BCUT2D eigenvalue weighted by atomic mass is 10.1. The van der Waals surface area contributed by atoms with Crippen LogP contribution < -0.4 is 0 Å². The third kappa shape index (κ3) is 11.9. The van der Waals surface area contributed by atoms with E-state index >= 15 is 0 Å². The molecule has 0 aromatic heterocycles. The zero-order valence-electron chi connectivity index (χ0n) is 20.2. The SMILES string of the molecule is COC(=O)/C=C/[C@H](OS(C)(=O)=O)[C@@H](OCc1ccccc1)[C@@H](COCc1ccccc1)OS(C)(=O)=O. The van der Waals surface area contributed by atoms with Gasteiger partial charge in [-0.05, 0) is 17.2 Å². The normalized spacial score (nSPS) is 14.9. The van der Waals surface area contributed by atoms with Crippen LogP contribution in [-0.2, 0) is 60.8 Å². The van der Waals surface area contributed by atoms with Crippen LogP contribution in [0.5, 0.6) is 0 Å². The average Bonchev–Trinajstić information content (AvgIpc) is 2.81. The Morgan fingerprint density at radius 3 is 1.86 bits per heavy atom. The van der Waals surface area contributed by atoms with Crippen molar-refractivity contribution in [3.05, 3.63) is 83.9 Å². The van der Waals surface area contributed by atoms with Crippen LogP contribution in [0.4, 0.5) is 0 Å². The molecule has 0 spiro atoms. The number of carbonyl (C=O) groups is 1. The van der Waals surface area contributed by atoms with Crippen molar-refractivity contribution in [2.45, 2.75) is 31.5 Å². The summed E-state index contributed by atoms with van der Waals surface area (Å²) in [5, 5.41) is 0. The molecule has 2 rings (SSSR count). The van der Waals surface area contributed by atoms with Crippen molar-refractivity contribution in [2.24, 2.45) is 0 Å². The molecule has 0 aliphatic carbocycles. The standard InChI is InChI=1S/C24H30O10S2/c1-30-23(25)15-14-21(33-35(2,26)27)24(32-17-20-12-8-5-9-13-20)22(34-36(3,28)29)18-31-16-19-10-6-4-7-11-19/h4-15,21-22,24H,16-18H2,1-3H3/b15-14+/t21-,22+,24+/m0/s1. The van der Waals surface area contributed by atoms with Crippen molar-refractivity contribution in [1.82, 2.24) is 0 Å². The van der Waals surface area contributed by atoms with E-state index in [2.05, 4.69) is 4.74 Å². The molecule has 0 saturated heterocycles. The summed E-state index contributed by atoms with van der Waals surface area (Å²) in [4.78, 5) is 11.7. The largest absolute Gasteiger partial charge is 0.466 e. The molecular formula is C24H30O10S2.